The third-order valence-corrected chi connectivity index (χ3v) is 15.7. The average molecular weight is 1250 g/mol. The molecule has 84 heavy (non-hydrogen) atoms. The predicted octanol–water partition coefficient (Wildman–Crippen LogP) is 13.5. The van der Waals surface area contributed by atoms with Crippen LogP contribution in [0.1, 0.15) is 272 Å². The van der Waals surface area contributed by atoms with Gasteiger partial charge in [0, 0.05) is 26.4 Å². The maximum atomic E-state index is 11.7. The van der Waals surface area contributed by atoms with Crippen molar-refractivity contribution in [3.05, 3.63) is 0 Å². The number of phosphoric ester groups is 2. The van der Waals surface area contributed by atoms with Crippen LogP contribution in [-0.4, -0.2) is 145 Å². The standard InChI is InChI=1S/2C26H55O8P.C12H28N2/c2*1-3-5-7-9-11-13-15-17-29-19-21-31-23-25-33-35(27,28)34-26-24-32-22-20-30-18-16-14-12-10-8-6-4-2;13-11-9-7-5-3-1-2-4-6-8-10-12-14/h2*3-26H2,1-2H3,(H,27,28);1-14H2. The normalized spacial score (nSPS) is 11.8. The summed E-state index contributed by atoms with van der Waals surface area (Å²) >= 11 is 0. The van der Waals surface area contributed by atoms with E-state index in [0.717, 1.165) is 65.2 Å². The number of unbranched alkanes of at least 4 members (excludes halogenated alkanes) is 33. The Morgan fingerprint density at radius 2 is 0.357 bits per heavy atom. The van der Waals surface area contributed by atoms with E-state index in [9.17, 15) is 18.9 Å². The molecule has 0 unspecified atom stereocenters. The largest absolute Gasteiger partial charge is 0.756 e. The summed E-state index contributed by atoms with van der Waals surface area (Å²) in [5.41, 5.74) is 7.71. The first-order chi connectivity index (χ1) is 41.2. The maximum absolute atomic E-state index is 11.7. The summed E-state index contributed by atoms with van der Waals surface area (Å²) in [5, 5.41) is 0. The number of phosphoric acid groups is 2. The van der Waals surface area contributed by atoms with Crippen molar-refractivity contribution in [3.8, 4) is 0 Å². The molecule has 0 bridgehead atoms. The second-order valence-electron chi connectivity index (χ2n) is 21.9. The van der Waals surface area contributed by atoms with Crippen LogP contribution in [0.3, 0.4) is 0 Å². The molecule has 0 rings (SSSR count). The first-order valence-electron chi connectivity index (χ1n) is 34.6. The minimum Gasteiger partial charge on any atom is -0.756 e. The molecule has 0 atom stereocenters. The highest BCUT2D eigenvalue weighted by atomic mass is 31.2. The van der Waals surface area contributed by atoms with Gasteiger partial charge in [-0.25, -0.2) is 0 Å². The number of hydrogen-bond acceptors (Lipinski definition) is 16. The first kappa shape index (κ1) is 88.0. The van der Waals surface area contributed by atoms with Crippen LogP contribution in [0, 0.1) is 0 Å². The monoisotopic (exact) mass is 1250 g/mol. The molecule has 6 N–H and O–H groups in total. The molecule has 0 aliphatic rings. The molecule has 0 amide bonds. The average Bonchev–Trinajstić information content (AvgIpc) is 3.49. The van der Waals surface area contributed by atoms with Gasteiger partial charge < -0.3 is 77.2 Å². The fourth-order valence-corrected chi connectivity index (χ4v) is 9.95. The zero-order chi connectivity index (χ0) is 61.9. The zero-order valence-electron chi connectivity index (χ0n) is 55.3. The van der Waals surface area contributed by atoms with Gasteiger partial charge in [-0.15, -0.1) is 0 Å². The van der Waals surface area contributed by atoms with Crippen LogP contribution >= 0.6 is 15.6 Å². The van der Waals surface area contributed by atoms with E-state index < -0.39 is 15.6 Å². The molecule has 0 radical (unpaired) electrons. The lowest BCUT2D eigenvalue weighted by molar-refractivity contribution is -0.368. The number of ether oxygens (including phenoxy) is 8. The van der Waals surface area contributed by atoms with Gasteiger partial charge in [-0.05, 0) is 51.4 Å². The molecule has 20 heteroatoms. The van der Waals surface area contributed by atoms with Crippen LogP contribution in [0.4, 0.5) is 0 Å². The minimum absolute atomic E-state index is 0.0775. The molecule has 0 saturated heterocycles. The Labute approximate surface area is 516 Å². The summed E-state index contributed by atoms with van der Waals surface area (Å²) in [5.74, 6) is 0. The van der Waals surface area contributed by atoms with Crippen molar-refractivity contribution in [2.75, 3.05) is 145 Å². The molecule has 0 heterocycles. The van der Waals surface area contributed by atoms with Crippen LogP contribution in [0.2, 0.25) is 0 Å². The molecule has 0 aromatic rings. The molecule has 18 nitrogen and oxygen atoms in total. The maximum Gasteiger partial charge on any atom is 0.268 e. The van der Waals surface area contributed by atoms with Gasteiger partial charge in [-0.1, -0.05) is 220 Å². The quantitative estimate of drug-likeness (QED) is 0.0424. The fraction of sp³-hybridized carbons (Fsp3) is 1.00. The third kappa shape index (κ3) is 86.0. The smallest absolute Gasteiger partial charge is 0.268 e. The van der Waals surface area contributed by atoms with E-state index in [1.165, 1.54) is 218 Å². The minimum atomic E-state index is -4.33. The van der Waals surface area contributed by atoms with Gasteiger partial charge in [0.1, 0.15) is 0 Å². The Hall–Kier alpha value is -0.180. The molecular weight excluding hydrogens is 1110 g/mol. The van der Waals surface area contributed by atoms with Gasteiger partial charge in [0.25, 0.3) is 15.6 Å². The van der Waals surface area contributed by atoms with Crippen LogP contribution in [0.15, 0.2) is 0 Å². The molecule has 0 aromatic heterocycles. The highest BCUT2D eigenvalue weighted by Crippen LogP contribution is 2.38. The van der Waals surface area contributed by atoms with E-state index in [-0.39, 0.29) is 52.9 Å². The Bertz CT molecular complexity index is 1110. The fourth-order valence-electron chi connectivity index (χ4n) is 8.61. The first-order valence-corrected chi connectivity index (χ1v) is 37.5. The molecule has 510 valence electrons. The molecule has 0 aromatic carbocycles. The summed E-state index contributed by atoms with van der Waals surface area (Å²) in [7, 11) is -8.67. The van der Waals surface area contributed by atoms with E-state index >= 15 is 0 Å². The van der Waals surface area contributed by atoms with Gasteiger partial charge in [-0.2, -0.15) is 0 Å². The highest BCUT2D eigenvalue weighted by molar-refractivity contribution is 7.46. The number of hydrogen-bond donors (Lipinski definition) is 2. The van der Waals surface area contributed by atoms with Crippen molar-refractivity contribution < 1.29 is 86.4 Å². The predicted molar refractivity (Wildman–Crippen MR) is 339 cm³/mol. The Morgan fingerprint density at radius 1 is 0.214 bits per heavy atom. The lowest BCUT2D eigenvalue weighted by Gasteiger charge is -2.22. The summed E-state index contributed by atoms with van der Waals surface area (Å²) in [4.78, 5) is 23.4. The van der Waals surface area contributed by atoms with Gasteiger partial charge >= 0.3 is 0 Å². The summed E-state index contributed by atoms with van der Waals surface area (Å²) in [6, 6.07) is 0. The van der Waals surface area contributed by atoms with Gasteiger partial charge in [0.15, 0.2) is 0 Å². The van der Waals surface area contributed by atoms with Crippen molar-refractivity contribution in [2.24, 2.45) is 0 Å². The molecular formula is C64H138N2O16P2. The number of rotatable bonds is 71. The summed E-state index contributed by atoms with van der Waals surface area (Å²) < 4.78 is 85.8. The van der Waals surface area contributed by atoms with Crippen molar-refractivity contribution in [3.63, 3.8) is 0 Å². The van der Waals surface area contributed by atoms with E-state index in [1.54, 1.807) is 0 Å². The zero-order valence-corrected chi connectivity index (χ0v) is 57.1. The molecule has 0 aliphatic carbocycles. The molecule has 0 spiro atoms. The van der Waals surface area contributed by atoms with E-state index in [4.69, 9.17) is 56.0 Å². The molecule has 0 aliphatic heterocycles. The third-order valence-electron chi connectivity index (χ3n) is 13.7. The SMILES string of the molecule is CCCCCCCCCOCCOCCOP(=O)([O-])OCCOCCOCCCCCCCCC.CCCCCCCCCOCCOCCOP(=O)([O-])OCCOCCOCCCCCCCCC.[NH3+]CCCCCCCCCCCC[NH3+]. The van der Waals surface area contributed by atoms with E-state index in [2.05, 4.69) is 39.2 Å². The summed E-state index contributed by atoms with van der Waals surface area (Å²) in [6.45, 7) is 18.1. The Balaban J connectivity index is -0.00000127. The van der Waals surface area contributed by atoms with E-state index in [1.807, 2.05) is 0 Å². The lowest BCUT2D eigenvalue weighted by Crippen LogP contribution is -2.50. The van der Waals surface area contributed by atoms with Crippen LogP contribution in [-0.2, 0) is 65.1 Å². The molecule has 0 saturated carbocycles. The van der Waals surface area contributed by atoms with Gasteiger partial charge in [-0.3, -0.25) is 9.13 Å². The van der Waals surface area contributed by atoms with Crippen molar-refractivity contribution in [1.29, 1.82) is 0 Å². The topological polar surface area (TPSA) is 246 Å². The van der Waals surface area contributed by atoms with Crippen LogP contribution < -0.4 is 21.3 Å². The van der Waals surface area contributed by atoms with Crippen LogP contribution in [0.5, 0.6) is 0 Å². The Kier molecular flexibility index (Phi) is 82.7. The number of quaternary nitrogens is 2. The second-order valence-corrected chi connectivity index (χ2v) is 24.7. The molecule has 0 fully saturated rings. The summed E-state index contributed by atoms with van der Waals surface area (Å²) in [6.07, 6.45) is 49.2. The lowest BCUT2D eigenvalue weighted by atomic mass is 10.1. The van der Waals surface area contributed by atoms with Crippen LogP contribution in [0.25, 0.3) is 0 Å². The highest BCUT2D eigenvalue weighted by Gasteiger charge is 2.10. The van der Waals surface area contributed by atoms with Crippen molar-refractivity contribution in [1.82, 2.24) is 0 Å². The van der Waals surface area contributed by atoms with Crippen molar-refractivity contribution >= 4 is 15.6 Å². The van der Waals surface area contributed by atoms with Gasteiger partial charge in [0.2, 0.25) is 0 Å². The van der Waals surface area contributed by atoms with E-state index in [0.29, 0.717) is 52.9 Å². The van der Waals surface area contributed by atoms with Crippen molar-refractivity contribution in [2.45, 2.75) is 272 Å². The van der Waals surface area contributed by atoms with Gasteiger partial charge in [0.05, 0.1) is 119 Å². The second kappa shape index (κ2) is 78.9. The Morgan fingerprint density at radius 3 is 0.536 bits per heavy atom.